The molecule has 1 saturated carbocycles. The number of anilines is 1. The van der Waals surface area contributed by atoms with E-state index >= 15 is 0 Å². The summed E-state index contributed by atoms with van der Waals surface area (Å²) in [4.78, 5) is 44.8. The van der Waals surface area contributed by atoms with Crippen molar-refractivity contribution >= 4 is 26.8 Å². The molecule has 0 aromatic carbocycles. The van der Waals surface area contributed by atoms with E-state index in [0.717, 1.165) is 29.8 Å². The molecule has 0 radical (unpaired) electrons. The monoisotopic (exact) mass is 549 g/mol. The molecular formula is C26H31N9O3S. The summed E-state index contributed by atoms with van der Waals surface area (Å²) in [5.41, 5.74) is 3.60. The fourth-order valence-electron chi connectivity index (χ4n) is 4.26. The molecule has 0 bridgehead atoms. The van der Waals surface area contributed by atoms with Gasteiger partial charge >= 0.3 is 0 Å². The number of aromatic nitrogens is 8. The Labute approximate surface area is 226 Å². The molecule has 0 amide bonds. The van der Waals surface area contributed by atoms with Crippen LogP contribution in [0.4, 0.5) is 5.82 Å². The molecule has 13 heteroatoms. The Balaban J connectivity index is 1.55. The summed E-state index contributed by atoms with van der Waals surface area (Å²) in [5, 5.41) is 2.96. The minimum Gasteiger partial charge on any atom is -0.360 e. The van der Waals surface area contributed by atoms with Crippen LogP contribution in [0.25, 0.3) is 22.6 Å². The van der Waals surface area contributed by atoms with Gasteiger partial charge in [0, 0.05) is 12.0 Å². The van der Waals surface area contributed by atoms with E-state index in [2.05, 4.69) is 35.2 Å². The first-order valence-corrected chi connectivity index (χ1v) is 14.6. The highest BCUT2D eigenvalue weighted by molar-refractivity contribution is 7.91. The van der Waals surface area contributed by atoms with Gasteiger partial charge in [-0.15, -0.1) is 0 Å². The van der Waals surface area contributed by atoms with Crippen LogP contribution in [-0.2, 0) is 16.4 Å². The molecule has 0 unspecified atom stereocenters. The first kappa shape index (κ1) is 26.7. The Morgan fingerprint density at radius 2 is 1.79 bits per heavy atom. The third-order valence-corrected chi connectivity index (χ3v) is 8.68. The number of fused-ring (bicyclic) bond motifs is 1. The van der Waals surface area contributed by atoms with Crippen molar-refractivity contribution in [2.75, 3.05) is 11.1 Å². The van der Waals surface area contributed by atoms with Crippen LogP contribution in [0.3, 0.4) is 0 Å². The zero-order valence-corrected chi connectivity index (χ0v) is 23.4. The van der Waals surface area contributed by atoms with Crippen LogP contribution < -0.4 is 10.9 Å². The first-order chi connectivity index (χ1) is 18.6. The summed E-state index contributed by atoms with van der Waals surface area (Å²) in [6, 6.07) is -0.180. The van der Waals surface area contributed by atoms with Crippen LogP contribution in [0.2, 0.25) is 0 Å². The van der Waals surface area contributed by atoms with Crippen molar-refractivity contribution in [1.29, 1.82) is 0 Å². The van der Waals surface area contributed by atoms with Gasteiger partial charge in [-0.2, -0.15) is 0 Å². The van der Waals surface area contributed by atoms with Crippen LogP contribution >= 0.6 is 0 Å². The molecule has 1 atom stereocenters. The van der Waals surface area contributed by atoms with Gasteiger partial charge < -0.3 is 5.32 Å². The van der Waals surface area contributed by atoms with Gasteiger partial charge in [-0.3, -0.25) is 14.3 Å². The lowest BCUT2D eigenvalue weighted by molar-refractivity contribution is 0.406. The topological polar surface area (TPSA) is 158 Å². The minimum absolute atomic E-state index is 0.0591. The van der Waals surface area contributed by atoms with E-state index in [-0.39, 0.29) is 40.7 Å². The molecule has 0 aliphatic heterocycles. The summed E-state index contributed by atoms with van der Waals surface area (Å²) < 4.78 is 25.7. The third kappa shape index (κ3) is 5.22. The normalized spacial score (nSPS) is 14.6. The average molecular weight is 550 g/mol. The van der Waals surface area contributed by atoms with Crippen LogP contribution in [0.1, 0.15) is 69.6 Å². The summed E-state index contributed by atoms with van der Waals surface area (Å²) in [7, 11) is -3.45. The Morgan fingerprint density at radius 1 is 1.03 bits per heavy atom. The summed E-state index contributed by atoms with van der Waals surface area (Å²) >= 11 is 0. The molecule has 4 aromatic heterocycles. The molecular weight excluding hydrogens is 518 g/mol. The standard InChI is InChI=1S/C26H31N9O3S/c1-6-39(37,38)20-12-27-18(9-28-20)10-29-24-26(36)35(16(5)14(2)3)25-19(33-24)11-30-23(34-25)21-15(4)31-13-32-22(21)17-7-8-17/h9,11-14,16-17H,6-8,10H2,1-5H3,(H,29,33)/t16-/m1/s1. The van der Waals surface area contributed by atoms with Gasteiger partial charge in [0.25, 0.3) is 5.56 Å². The van der Waals surface area contributed by atoms with Gasteiger partial charge in [0.15, 0.2) is 32.2 Å². The number of nitrogens with zero attached hydrogens (tertiary/aromatic N) is 8. The molecule has 204 valence electrons. The zero-order chi connectivity index (χ0) is 27.9. The van der Waals surface area contributed by atoms with Crippen LogP contribution in [-0.4, -0.2) is 53.6 Å². The molecule has 5 rings (SSSR count). The van der Waals surface area contributed by atoms with Gasteiger partial charge in [0.2, 0.25) is 0 Å². The Morgan fingerprint density at radius 3 is 2.44 bits per heavy atom. The van der Waals surface area contributed by atoms with E-state index in [1.54, 1.807) is 24.0 Å². The molecule has 4 aromatic rings. The maximum atomic E-state index is 13.7. The quantitative estimate of drug-likeness (QED) is 0.326. The highest BCUT2D eigenvalue weighted by Gasteiger charge is 2.30. The van der Waals surface area contributed by atoms with Crippen molar-refractivity contribution in [3.8, 4) is 11.4 Å². The number of hydrogen-bond donors (Lipinski definition) is 1. The van der Waals surface area contributed by atoms with Gasteiger partial charge in [-0.05, 0) is 32.6 Å². The predicted molar refractivity (Wildman–Crippen MR) is 146 cm³/mol. The lowest BCUT2D eigenvalue weighted by atomic mass is 10.1. The molecule has 1 fully saturated rings. The predicted octanol–water partition coefficient (Wildman–Crippen LogP) is 3.24. The fourth-order valence-corrected chi connectivity index (χ4v) is 4.99. The lowest BCUT2D eigenvalue weighted by Crippen LogP contribution is -2.30. The van der Waals surface area contributed by atoms with Crippen LogP contribution in [0, 0.1) is 12.8 Å². The Kier molecular flexibility index (Phi) is 7.10. The van der Waals surface area contributed by atoms with Gasteiger partial charge in [0.1, 0.15) is 11.8 Å². The molecule has 12 nitrogen and oxygen atoms in total. The average Bonchev–Trinajstić information content (AvgIpc) is 3.77. The van der Waals surface area contributed by atoms with Crippen molar-refractivity contribution in [1.82, 2.24) is 39.5 Å². The lowest BCUT2D eigenvalue weighted by Gasteiger charge is -2.21. The fraction of sp³-hybridized carbons (Fsp3) is 0.462. The number of hydrogen-bond acceptors (Lipinski definition) is 11. The maximum absolute atomic E-state index is 13.7. The molecule has 4 heterocycles. The maximum Gasteiger partial charge on any atom is 0.295 e. The third-order valence-electron chi connectivity index (χ3n) is 7.07. The molecule has 39 heavy (non-hydrogen) atoms. The van der Waals surface area contributed by atoms with E-state index in [1.807, 2.05) is 27.7 Å². The molecule has 1 N–H and O–H groups in total. The Hall–Kier alpha value is -3.87. The largest absolute Gasteiger partial charge is 0.360 e. The van der Waals surface area contributed by atoms with Crippen molar-refractivity contribution in [2.24, 2.45) is 5.92 Å². The van der Waals surface area contributed by atoms with E-state index in [1.165, 1.54) is 12.4 Å². The van der Waals surface area contributed by atoms with Gasteiger partial charge in [-0.1, -0.05) is 20.8 Å². The molecule has 1 aliphatic rings. The van der Waals surface area contributed by atoms with E-state index in [4.69, 9.17) is 4.98 Å². The minimum atomic E-state index is -3.45. The smallest absolute Gasteiger partial charge is 0.295 e. The van der Waals surface area contributed by atoms with Gasteiger partial charge in [-0.25, -0.2) is 38.3 Å². The number of aryl methyl sites for hydroxylation is 1. The second-order valence-corrected chi connectivity index (χ2v) is 12.3. The van der Waals surface area contributed by atoms with Crippen LogP contribution in [0.15, 0.2) is 34.7 Å². The zero-order valence-electron chi connectivity index (χ0n) is 22.6. The highest BCUT2D eigenvalue weighted by Crippen LogP contribution is 2.43. The number of sulfone groups is 1. The summed E-state index contributed by atoms with van der Waals surface area (Å²) in [6.45, 7) is 9.66. The van der Waals surface area contributed by atoms with Gasteiger partial charge in [0.05, 0.1) is 53.5 Å². The second-order valence-electron chi connectivity index (χ2n) is 10.1. The molecule has 0 spiro atoms. The van der Waals surface area contributed by atoms with E-state index < -0.39 is 9.84 Å². The summed E-state index contributed by atoms with van der Waals surface area (Å²) in [6.07, 6.45) is 7.95. The van der Waals surface area contributed by atoms with Crippen LogP contribution in [0.5, 0.6) is 0 Å². The number of rotatable bonds is 9. The van der Waals surface area contributed by atoms with Crippen molar-refractivity contribution < 1.29 is 8.42 Å². The Bertz CT molecular complexity index is 1700. The molecule has 0 saturated heterocycles. The van der Waals surface area contributed by atoms with E-state index in [9.17, 15) is 13.2 Å². The second kappa shape index (κ2) is 10.4. The van der Waals surface area contributed by atoms with Crippen molar-refractivity contribution in [3.05, 3.63) is 52.4 Å². The highest BCUT2D eigenvalue weighted by atomic mass is 32.2. The SMILES string of the molecule is CCS(=O)(=O)c1cnc(CNc2nc3cnc(-c4c(C)ncnc4C4CC4)nc3n([C@H](C)C(C)C)c2=O)cn1. The van der Waals surface area contributed by atoms with Crippen molar-refractivity contribution in [3.63, 3.8) is 0 Å². The number of nitrogens with one attached hydrogen (secondary N) is 1. The summed E-state index contributed by atoms with van der Waals surface area (Å²) in [5.74, 6) is 1.06. The van der Waals surface area contributed by atoms with Crippen molar-refractivity contribution in [2.45, 2.75) is 71.0 Å². The first-order valence-electron chi connectivity index (χ1n) is 13.0. The van der Waals surface area contributed by atoms with E-state index in [0.29, 0.717) is 28.6 Å². The molecule has 1 aliphatic carbocycles.